The Morgan fingerprint density at radius 1 is 0.931 bits per heavy atom. The highest BCUT2D eigenvalue weighted by molar-refractivity contribution is 7.98. The number of rotatable bonds is 4. The van der Waals surface area contributed by atoms with E-state index >= 15 is 0 Å². The zero-order valence-corrected chi connectivity index (χ0v) is 17.0. The van der Waals surface area contributed by atoms with Crippen LogP contribution in [0.25, 0.3) is 6.08 Å². The van der Waals surface area contributed by atoms with Gasteiger partial charge in [-0.1, -0.05) is 48.0 Å². The van der Waals surface area contributed by atoms with Gasteiger partial charge in [0, 0.05) is 4.90 Å². The number of ether oxygens (including phenoxy) is 1. The Bertz CT molecular complexity index is 1070. The van der Waals surface area contributed by atoms with Crippen LogP contribution in [0.2, 0.25) is 0 Å². The van der Waals surface area contributed by atoms with E-state index in [0.29, 0.717) is 11.4 Å². The fourth-order valence-corrected chi connectivity index (χ4v) is 3.35. The molecule has 0 radical (unpaired) electrons. The Morgan fingerprint density at radius 3 is 2.28 bits per heavy atom. The first-order chi connectivity index (χ1) is 14.1. The van der Waals surface area contributed by atoms with Crippen molar-refractivity contribution in [3.63, 3.8) is 0 Å². The molecular weight excluding hydrogens is 380 g/mol. The summed E-state index contributed by atoms with van der Waals surface area (Å²) in [5, 5.41) is 0. The molecular formula is C24H20N2O2S. The van der Waals surface area contributed by atoms with E-state index in [1.54, 1.807) is 17.8 Å². The lowest BCUT2D eigenvalue weighted by molar-refractivity contribution is -0.113. The van der Waals surface area contributed by atoms with Crippen LogP contribution in [0.5, 0.6) is 5.75 Å². The van der Waals surface area contributed by atoms with E-state index in [2.05, 4.69) is 4.99 Å². The van der Waals surface area contributed by atoms with Gasteiger partial charge in [-0.15, -0.1) is 11.8 Å². The normalized spacial score (nSPS) is 15.0. The number of benzene rings is 3. The lowest BCUT2D eigenvalue weighted by Gasteiger charge is -2.18. The lowest BCUT2D eigenvalue weighted by atomic mass is 10.2. The van der Waals surface area contributed by atoms with Gasteiger partial charge in [0.1, 0.15) is 11.4 Å². The van der Waals surface area contributed by atoms with Gasteiger partial charge < -0.3 is 4.74 Å². The third-order valence-electron chi connectivity index (χ3n) is 4.49. The second-order valence-electron chi connectivity index (χ2n) is 6.59. The second kappa shape index (κ2) is 8.37. The molecule has 1 amide bonds. The van der Waals surface area contributed by atoms with Gasteiger partial charge in [-0.3, -0.25) is 4.79 Å². The number of amides is 1. The molecule has 29 heavy (non-hydrogen) atoms. The Balaban J connectivity index is 1.71. The number of amidine groups is 1. The fourth-order valence-electron chi connectivity index (χ4n) is 2.94. The minimum Gasteiger partial charge on any atom is -0.425 e. The molecule has 1 aliphatic heterocycles. The summed E-state index contributed by atoms with van der Waals surface area (Å²) < 4.78 is 6.02. The van der Waals surface area contributed by atoms with Crippen molar-refractivity contribution in [1.29, 1.82) is 0 Å². The minimum absolute atomic E-state index is 0.214. The van der Waals surface area contributed by atoms with Crippen LogP contribution >= 0.6 is 11.8 Å². The molecule has 0 N–H and O–H groups in total. The number of thioether (sulfide) groups is 1. The van der Waals surface area contributed by atoms with Gasteiger partial charge in [0.2, 0.25) is 0 Å². The first-order valence-electron chi connectivity index (χ1n) is 9.22. The van der Waals surface area contributed by atoms with Crippen molar-refractivity contribution >= 4 is 35.5 Å². The van der Waals surface area contributed by atoms with Gasteiger partial charge in [0.05, 0.1) is 5.69 Å². The van der Waals surface area contributed by atoms with E-state index in [0.717, 1.165) is 21.7 Å². The summed E-state index contributed by atoms with van der Waals surface area (Å²) in [5.41, 5.74) is 3.09. The number of carbonyl (C=O) groups is 1. The van der Waals surface area contributed by atoms with Crippen LogP contribution in [-0.2, 0) is 4.79 Å². The molecule has 1 heterocycles. The summed E-state index contributed by atoms with van der Waals surface area (Å²) in [4.78, 5) is 20.3. The topological polar surface area (TPSA) is 41.9 Å². The third kappa shape index (κ3) is 4.25. The van der Waals surface area contributed by atoms with E-state index in [1.807, 2.05) is 92.0 Å². The molecule has 4 rings (SSSR count). The van der Waals surface area contributed by atoms with Crippen molar-refractivity contribution in [1.82, 2.24) is 0 Å². The maximum Gasteiger partial charge on any atom is 0.310 e. The van der Waals surface area contributed by atoms with E-state index in [1.165, 1.54) is 4.90 Å². The van der Waals surface area contributed by atoms with E-state index < -0.39 is 0 Å². The van der Waals surface area contributed by atoms with Crippen molar-refractivity contribution < 1.29 is 9.53 Å². The molecule has 0 unspecified atom stereocenters. The van der Waals surface area contributed by atoms with Crippen LogP contribution in [0, 0.1) is 6.92 Å². The molecule has 0 bridgehead atoms. The van der Waals surface area contributed by atoms with Crippen LogP contribution in [0.4, 0.5) is 5.69 Å². The number of hydrogen-bond donors (Lipinski definition) is 0. The van der Waals surface area contributed by atoms with Crippen molar-refractivity contribution in [2.24, 2.45) is 4.99 Å². The van der Waals surface area contributed by atoms with Crippen molar-refractivity contribution in [3.05, 3.63) is 95.7 Å². The molecule has 4 nitrogen and oxygen atoms in total. The van der Waals surface area contributed by atoms with Crippen molar-refractivity contribution in [2.45, 2.75) is 11.8 Å². The molecule has 0 atom stereocenters. The minimum atomic E-state index is -0.214. The van der Waals surface area contributed by atoms with Crippen LogP contribution < -0.4 is 9.64 Å². The number of nitrogens with zero attached hydrogens (tertiary/aromatic N) is 2. The van der Waals surface area contributed by atoms with Crippen LogP contribution in [0.3, 0.4) is 0 Å². The van der Waals surface area contributed by atoms with Gasteiger partial charge in [-0.05, 0) is 61.2 Å². The Labute approximate surface area is 174 Å². The maximum atomic E-state index is 13.2. The van der Waals surface area contributed by atoms with E-state index in [-0.39, 0.29) is 11.9 Å². The van der Waals surface area contributed by atoms with Crippen LogP contribution in [-0.4, -0.2) is 18.2 Å². The highest BCUT2D eigenvalue weighted by Crippen LogP contribution is 2.27. The summed E-state index contributed by atoms with van der Waals surface area (Å²) in [6.07, 6.45) is 3.80. The molecule has 0 aromatic heterocycles. The second-order valence-corrected chi connectivity index (χ2v) is 7.47. The van der Waals surface area contributed by atoms with E-state index in [4.69, 9.17) is 4.74 Å². The van der Waals surface area contributed by atoms with Gasteiger partial charge in [-0.25, -0.2) is 4.90 Å². The Hall–Kier alpha value is -3.31. The summed E-state index contributed by atoms with van der Waals surface area (Å²) >= 11 is 1.66. The average Bonchev–Trinajstić information content (AvgIpc) is 3.05. The number of anilines is 1. The predicted molar refractivity (Wildman–Crippen MR) is 119 cm³/mol. The molecule has 1 aliphatic rings. The fraction of sp³-hybridized carbons (Fsp3) is 0.0833. The number of aryl methyl sites for hydroxylation is 1. The van der Waals surface area contributed by atoms with Crippen LogP contribution in [0.15, 0.2) is 94.4 Å². The first-order valence-corrected chi connectivity index (χ1v) is 10.4. The number of carbonyl (C=O) groups excluding carboxylic acids is 1. The molecule has 144 valence electrons. The summed E-state index contributed by atoms with van der Waals surface area (Å²) in [6.45, 7) is 2.01. The standard InChI is InChI=1S/C24H20N2O2S/c1-17-8-10-19(11-9-17)26-23(27)22(16-18-6-4-3-5-7-18)25-24(26)28-20-12-14-21(29-2)15-13-20/h3-16H,1-2H3. The summed E-state index contributed by atoms with van der Waals surface area (Å²) in [5.74, 6) is 0.417. The highest BCUT2D eigenvalue weighted by Gasteiger charge is 2.33. The smallest absolute Gasteiger partial charge is 0.310 e. The number of hydrogen-bond acceptors (Lipinski definition) is 4. The molecule has 3 aromatic rings. The molecule has 5 heteroatoms. The van der Waals surface area contributed by atoms with Gasteiger partial charge in [0.15, 0.2) is 0 Å². The zero-order chi connectivity index (χ0) is 20.2. The molecule has 0 saturated carbocycles. The van der Waals surface area contributed by atoms with Crippen LogP contribution in [0.1, 0.15) is 11.1 Å². The molecule has 0 saturated heterocycles. The maximum absolute atomic E-state index is 13.2. The average molecular weight is 401 g/mol. The molecule has 3 aromatic carbocycles. The first kappa shape index (κ1) is 19.0. The van der Waals surface area contributed by atoms with Gasteiger partial charge >= 0.3 is 6.02 Å². The predicted octanol–water partition coefficient (Wildman–Crippen LogP) is 5.54. The quantitative estimate of drug-likeness (QED) is 0.427. The third-order valence-corrected chi connectivity index (χ3v) is 5.24. The molecule has 0 spiro atoms. The summed E-state index contributed by atoms with van der Waals surface area (Å²) in [6, 6.07) is 25.4. The highest BCUT2D eigenvalue weighted by atomic mass is 32.2. The monoisotopic (exact) mass is 400 g/mol. The lowest BCUT2D eigenvalue weighted by Crippen LogP contribution is -2.35. The molecule has 0 aliphatic carbocycles. The zero-order valence-electron chi connectivity index (χ0n) is 16.2. The van der Waals surface area contributed by atoms with Crippen molar-refractivity contribution in [2.75, 3.05) is 11.2 Å². The number of aliphatic imine (C=N–C) groups is 1. The van der Waals surface area contributed by atoms with Gasteiger partial charge in [0.25, 0.3) is 5.91 Å². The van der Waals surface area contributed by atoms with Gasteiger partial charge in [-0.2, -0.15) is 4.99 Å². The van der Waals surface area contributed by atoms with E-state index in [9.17, 15) is 4.79 Å². The summed E-state index contributed by atoms with van der Waals surface area (Å²) in [7, 11) is 0. The SMILES string of the molecule is CSc1ccc(OC2=NC(=Cc3ccccc3)C(=O)N2c2ccc(C)cc2)cc1. The Kier molecular flexibility index (Phi) is 5.49. The largest absolute Gasteiger partial charge is 0.425 e. The van der Waals surface area contributed by atoms with Crippen molar-refractivity contribution in [3.8, 4) is 5.75 Å². The molecule has 0 fully saturated rings. The Morgan fingerprint density at radius 2 is 1.62 bits per heavy atom.